The van der Waals surface area contributed by atoms with Gasteiger partial charge in [-0.3, -0.25) is 0 Å². The van der Waals surface area contributed by atoms with E-state index in [1.807, 2.05) is 4.90 Å². The van der Waals surface area contributed by atoms with Crippen LogP contribution in [0.5, 0.6) is 0 Å². The Morgan fingerprint density at radius 3 is 2.86 bits per heavy atom. The van der Waals surface area contributed by atoms with Gasteiger partial charge in [0.15, 0.2) is 0 Å². The minimum atomic E-state index is -0.408. The second-order valence-corrected chi connectivity index (χ2v) is 6.53. The maximum atomic E-state index is 12.3. The van der Waals surface area contributed by atoms with Gasteiger partial charge in [-0.15, -0.1) is 0 Å². The van der Waals surface area contributed by atoms with Crippen LogP contribution in [0.15, 0.2) is 0 Å². The Labute approximate surface area is 128 Å². The third-order valence-corrected chi connectivity index (χ3v) is 4.66. The minimum Gasteiger partial charge on any atom is -0.393 e. The Morgan fingerprint density at radius 1 is 1.38 bits per heavy atom. The third-order valence-electron chi connectivity index (χ3n) is 4.66. The van der Waals surface area contributed by atoms with Gasteiger partial charge >= 0.3 is 6.03 Å². The number of urea groups is 1. The van der Waals surface area contributed by atoms with E-state index in [0.717, 1.165) is 18.9 Å². The van der Waals surface area contributed by atoms with E-state index >= 15 is 0 Å². The predicted molar refractivity (Wildman–Crippen MR) is 82.2 cm³/mol. The summed E-state index contributed by atoms with van der Waals surface area (Å²) in [6.45, 7) is 4.26. The number of carbonyl (C=O) groups is 1. The van der Waals surface area contributed by atoms with Crippen LogP contribution in [0.1, 0.15) is 51.9 Å². The van der Waals surface area contributed by atoms with Crippen molar-refractivity contribution in [3.63, 3.8) is 0 Å². The normalized spacial score (nSPS) is 25.6. The monoisotopic (exact) mass is 298 g/mol. The van der Waals surface area contributed by atoms with Crippen molar-refractivity contribution in [2.75, 3.05) is 26.3 Å². The number of ether oxygens (including phenoxy) is 1. The zero-order valence-corrected chi connectivity index (χ0v) is 13.2. The van der Waals surface area contributed by atoms with Gasteiger partial charge in [0, 0.05) is 13.1 Å². The molecular weight excluding hydrogens is 268 g/mol. The SMILES string of the molecule is C[C@@H](O)C[C@@H]1COCCN1C(=O)NCCC1CCCCC1. The molecular formula is C16H30N2O3. The molecule has 0 radical (unpaired) electrons. The zero-order chi connectivity index (χ0) is 15.1. The van der Waals surface area contributed by atoms with Crippen molar-refractivity contribution in [3.05, 3.63) is 0 Å². The van der Waals surface area contributed by atoms with Crippen LogP contribution >= 0.6 is 0 Å². The standard InChI is InChI=1S/C16H30N2O3/c1-13(19)11-15-12-21-10-9-18(15)16(20)17-8-7-14-5-3-2-4-6-14/h13-15,19H,2-12H2,1H3,(H,17,20)/t13-,15-/m1/s1. The zero-order valence-electron chi connectivity index (χ0n) is 13.2. The highest BCUT2D eigenvalue weighted by Gasteiger charge is 2.28. The summed E-state index contributed by atoms with van der Waals surface area (Å²) in [5, 5.41) is 12.6. The number of aliphatic hydroxyl groups is 1. The second kappa shape index (κ2) is 8.59. The Kier molecular flexibility index (Phi) is 6.77. The van der Waals surface area contributed by atoms with Gasteiger partial charge in [-0.2, -0.15) is 0 Å². The highest BCUT2D eigenvalue weighted by molar-refractivity contribution is 5.74. The van der Waals surface area contributed by atoms with Crippen LogP contribution in [0.4, 0.5) is 4.79 Å². The van der Waals surface area contributed by atoms with Gasteiger partial charge in [-0.1, -0.05) is 32.1 Å². The van der Waals surface area contributed by atoms with E-state index in [9.17, 15) is 9.90 Å². The van der Waals surface area contributed by atoms with Crippen LogP contribution in [0, 0.1) is 5.92 Å². The third kappa shape index (κ3) is 5.47. The molecule has 2 fully saturated rings. The average molecular weight is 298 g/mol. The van der Waals surface area contributed by atoms with E-state index in [2.05, 4.69) is 5.32 Å². The van der Waals surface area contributed by atoms with Crippen LogP contribution in [0.25, 0.3) is 0 Å². The smallest absolute Gasteiger partial charge is 0.317 e. The summed E-state index contributed by atoms with van der Waals surface area (Å²) in [4.78, 5) is 14.1. The highest BCUT2D eigenvalue weighted by Crippen LogP contribution is 2.25. The van der Waals surface area contributed by atoms with Gasteiger partial charge < -0.3 is 20.1 Å². The van der Waals surface area contributed by atoms with Gasteiger partial charge in [-0.05, 0) is 25.7 Å². The summed E-state index contributed by atoms with van der Waals surface area (Å²) in [6.07, 6.45) is 7.96. The van der Waals surface area contributed by atoms with E-state index in [-0.39, 0.29) is 12.1 Å². The first-order valence-corrected chi connectivity index (χ1v) is 8.47. The maximum absolute atomic E-state index is 12.3. The summed E-state index contributed by atoms with van der Waals surface area (Å²) in [5.41, 5.74) is 0. The van der Waals surface area contributed by atoms with Crippen LogP contribution in [-0.4, -0.2) is 54.5 Å². The van der Waals surface area contributed by atoms with Crippen molar-refractivity contribution in [3.8, 4) is 0 Å². The van der Waals surface area contributed by atoms with Gasteiger partial charge in [-0.25, -0.2) is 4.79 Å². The van der Waals surface area contributed by atoms with Crippen LogP contribution in [0.2, 0.25) is 0 Å². The highest BCUT2D eigenvalue weighted by atomic mass is 16.5. The average Bonchev–Trinajstić information content (AvgIpc) is 2.48. The number of nitrogens with zero attached hydrogens (tertiary/aromatic N) is 1. The number of rotatable bonds is 5. The Bertz CT molecular complexity index is 317. The molecule has 122 valence electrons. The lowest BCUT2D eigenvalue weighted by molar-refractivity contribution is -0.00434. The number of morpholine rings is 1. The summed E-state index contributed by atoms with van der Waals surface area (Å²) < 4.78 is 5.43. The van der Waals surface area contributed by atoms with Gasteiger partial charge in [0.05, 0.1) is 25.4 Å². The number of carbonyl (C=O) groups excluding carboxylic acids is 1. The molecule has 0 aromatic rings. The Hall–Kier alpha value is -0.810. The molecule has 2 aliphatic rings. The van der Waals surface area contributed by atoms with Crippen molar-refractivity contribution < 1.29 is 14.6 Å². The fraction of sp³-hybridized carbons (Fsp3) is 0.938. The molecule has 0 unspecified atom stereocenters. The lowest BCUT2D eigenvalue weighted by Crippen LogP contribution is -2.53. The molecule has 21 heavy (non-hydrogen) atoms. The lowest BCUT2D eigenvalue weighted by Gasteiger charge is -2.36. The van der Waals surface area contributed by atoms with Crippen LogP contribution < -0.4 is 5.32 Å². The first kappa shape index (κ1) is 16.6. The Balaban J connectivity index is 1.72. The van der Waals surface area contributed by atoms with E-state index < -0.39 is 6.10 Å². The molecule has 0 spiro atoms. The molecule has 1 heterocycles. The summed E-state index contributed by atoms with van der Waals surface area (Å²) in [7, 11) is 0. The molecule has 0 aromatic carbocycles. The van der Waals surface area contributed by atoms with E-state index in [4.69, 9.17) is 4.74 Å². The Morgan fingerprint density at radius 2 is 2.14 bits per heavy atom. The molecule has 0 aromatic heterocycles. The number of nitrogens with one attached hydrogen (secondary N) is 1. The molecule has 1 saturated carbocycles. The quantitative estimate of drug-likeness (QED) is 0.817. The number of hydrogen-bond donors (Lipinski definition) is 2. The minimum absolute atomic E-state index is 0.000223. The van der Waals surface area contributed by atoms with Crippen molar-refractivity contribution in [2.45, 2.75) is 64.0 Å². The number of aliphatic hydroxyl groups excluding tert-OH is 1. The first-order chi connectivity index (χ1) is 10.2. The van der Waals surface area contributed by atoms with E-state index in [0.29, 0.717) is 26.2 Å². The lowest BCUT2D eigenvalue weighted by atomic mass is 9.87. The molecule has 1 aliphatic carbocycles. The molecule has 0 bridgehead atoms. The van der Waals surface area contributed by atoms with Crippen LogP contribution in [0.3, 0.4) is 0 Å². The fourth-order valence-electron chi connectivity index (χ4n) is 3.47. The van der Waals surface area contributed by atoms with E-state index in [1.54, 1.807) is 6.92 Å². The maximum Gasteiger partial charge on any atom is 0.317 e. The van der Waals surface area contributed by atoms with Crippen molar-refractivity contribution in [1.82, 2.24) is 10.2 Å². The van der Waals surface area contributed by atoms with Gasteiger partial charge in [0.2, 0.25) is 0 Å². The largest absolute Gasteiger partial charge is 0.393 e. The summed E-state index contributed by atoms with van der Waals surface area (Å²) >= 11 is 0. The predicted octanol–water partition coefficient (Wildman–Crippen LogP) is 2.14. The fourth-order valence-corrected chi connectivity index (χ4v) is 3.47. The topological polar surface area (TPSA) is 61.8 Å². The van der Waals surface area contributed by atoms with Crippen molar-refractivity contribution in [2.24, 2.45) is 5.92 Å². The van der Waals surface area contributed by atoms with Crippen molar-refractivity contribution in [1.29, 1.82) is 0 Å². The molecule has 2 atom stereocenters. The molecule has 5 nitrogen and oxygen atoms in total. The number of hydrogen-bond acceptors (Lipinski definition) is 3. The molecule has 2 N–H and O–H groups in total. The van der Waals surface area contributed by atoms with Crippen LogP contribution in [-0.2, 0) is 4.74 Å². The van der Waals surface area contributed by atoms with E-state index in [1.165, 1.54) is 32.1 Å². The summed E-state index contributed by atoms with van der Waals surface area (Å²) in [5.74, 6) is 0.789. The van der Waals surface area contributed by atoms with Gasteiger partial charge in [0.1, 0.15) is 0 Å². The first-order valence-electron chi connectivity index (χ1n) is 8.47. The molecule has 1 aliphatic heterocycles. The second-order valence-electron chi connectivity index (χ2n) is 6.53. The van der Waals surface area contributed by atoms with Gasteiger partial charge in [0.25, 0.3) is 0 Å². The molecule has 1 saturated heterocycles. The molecule has 5 heteroatoms. The molecule has 2 rings (SSSR count). The number of amides is 2. The summed E-state index contributed by atoms with van der Waals surface area (Å²) in [6, 6.07) is -0.00631. The molecule has 2 amide bonds. The van der Waals surface area contributed by atoms with Crippen molar-refractivity contribution >= 4 is 6.03 Å².